The third-order valence-electron chi connectivity index (χ3n) is 2.53. The molecule has 0 radical (unpaired) electrons. The van der Waals surface area contributed by atoms with Crippen LogP contribution in [0.15, 0.2) is 28.9 Å². The number of benzene rings is 1. The molecule has 7 heteroatoms. The molecule has 0 unspecified atom stereocenters. The summed E-state index contributed by atoms with van der Waals surface area (Å²) in [5.74, 6) is -1.13. The van der Waals surface area contributed by atoms with Crippen molar-refractivity contribution in [2.75, 3.05) is 6.61 Å². The molecule has 2 rings (SSSR count). The number of halogens is 2. The van der Waals surface area contributed by atoms with Crippen LogP contribution in [0.4, 0.5) is 0 Å². The van der Waals surface area contributed by atoms with Crippen molar-refractivity contribution in [2.24, 2.45) is 0 Å². The summed E-state index contributed by atoms with van der Waals surface area (Å²) in [5.41, 5.74) is 0.971. The maximum absolute atomic E-state index is 11.1. The Morgan fingerprint density at radius 1 is 1.47 bits per heavy atom. The zero-order chi connectivity index (χ0) is 14.0. The molecule has 2 N–H and O–H groups in total. The topological polar surface area (TPSA) is 75.3 Å². The highest BCUT2D eigenvalue weighted by molar-refractivity contribution is 9.10. The maximum atomic E-state index is 11.1. The fourth-order valence-corrected chi connectivity index (χ4v) is 2.44. The highest BCUT2D eigenvalue weighted by Crippen LogP contribution is 2.25. The summed E-state index contributed by atoms with van der Waals surface area (Å²) in [6.45, 7) is -0.139. The van der Waals surface area contributed by atoms with E-state index >= 15 is 0 Å². The summed E-state index contributed by atoms with van der Waals surface area (Å²) >= 11 is 9.39. The lowest BCUT2D eigenvalue weighted by Gasteiger charge is -2.04. The SMILES string of the molecule is O=C(O)c1nn(-c2ccc(Br)cc2Cl)cc1CCO. The number of hydrogen-bond donors (Lipinski definition) is 2. The lowest BCUT2D eigenvalue weighted by molar-refractivity contribution is 0.0688. The molecule has 19 heavy (non-hydrogen) atoms. The van der Waals surface area contributed by atoms with Crippen LogP contribution in [-0.2, 0) is 6.42 Å². The monoisotopic (exact) mass is 344 g/mol. The molecule has 5 nitrogen and oxygen atoms in total. The number of carboxylic acid groups (broad SMARTS) is 1. The first-order chi connectivity index (χ1) is 9.02. The second kappa shape index (κ2) is 5.73. The number of carboxylic acids is 1. The van der Waals surface area contributed by atoms with E-state index in [9.17, 15) is 4.79 Å². The van der Waals surface area contributed by atoms with Crippen LogP contribution in [0.1, 0.15) is 16.1 Å². The van der Waals surface area contributed by atoms with Crippen LogP contribution in [0.25, 0.3) is 5.69 Å². The number of aromatic carboxylic acids is 1. The number of nitrogens with zero attached hydrogens (tertiary/aromatic N) is 2. The van der Waals surface area contributed by atoms with Crippen molar-refractivity contribution in [1.82, 2.24) is 9.78 Å². The van der Waals surface area contributed by atoms with Gasteiger partial charge < -0.3 is 10.2 Å². The number of aromatic nitrogens is 2. The average molecular weight is 346 g/mol. The predicted molar refractivity (Wildman–Crippen MR) is 74.0 cm³/mol. The minimum absolute atomic E-state index is 0.0759. The summed E-state index contributed by atoms with van der Waals surface area (Å²) in [6, 6.07) is 5.22. The molecule has 1 aromatic heterocycles. The molecule has 0 saturated heterocycles. The number of aliphatic hydroxyl groups is 1. The lowest BCUT2D eigenvalue weighted by atomic mass is 10.2. The fourth-order valence-electron chi connectivity index (χ4n) is 1.68. The van der Waals surface area contributed by atoms with Crippen molar-refractivity contribution in [3.8, 4) is 5.69 Å². The molecule has 1 heterocycles. The molecule has 0 fully saturated rings. The van der Waals surface area contributed by atoms with Gasteiger partial charge >= 0.3 is 5.97 Å². The second-order valence-corrected chi connectivity index (χ2v) is 5.14. The van der Waals surface area contributed by atoms with Crippen LogP contribution < -0.4 is 0 Å². The Balaban J connectivity index is 2.50. The molecule has 100 valence electrons. The first-order valence-electron chi connectivity index (χ1n) is 5.41. The largest absolute Gasteiger partial charge is 0.476 e. The Morgan fingerprint density at radius 2 is 2.21 bits per heavy atom. The normalized spacial score (nSPS) is 10.7. The molecule has 0 bridgehead atoms. The van der Waals surface area contributed by atoms with Gasteiger partial charge in [-0.1, -0.05) is 27.5 Å². The van der Waals surface area contributed by atoms with Crippen molar-refractivity contribution in [1.29, 1.82) is 0 Å². The van der Waals surface area contributed by atoms with Crippen molar-refractivity contribution < 1.29 is 15.0 Å². The van der Waals surface area contributed by atoms with Gasteiger partial charge in [-0.15, -0.1) is 0 Å². The van der Waals surface area contributed by atoms with Crippen LogP contribution in [0.2, 0.25) is 5.02 Å². The van der Waals surface area contributed by atoms with Crippen LogP contribution in [0, 0.1) is 0 Å². The summed E-state index contributed by atoms with van der Waals surface area (Å²) in [6.07, 6.45) is 1.80. The molecule has 0 atom stereocenters. The van der Waals surface area contributed by atoms with Gasteiger partial charge in [-0.05, 0) is 24.6 Å². The summed E-state index contributed by atoms with van der Waals surface area (Å²) in [5, 5.41) is 22.4. The van der Waals surface area contributed by atoms with E-state index in [-0.39, 0.29) is 18.7 Å². The number of aliphatic hydroxyl groups excluding tert-OH is 1. The Morgan fingerprint density at radius 3 is 2.79 bits per heavy atom. The van der Waals surface area contributed by atoms with E-state index in [4.69, 9.17) is 21.8 Å². The van der Waals surface area contributed by atoms with Crippen molar-refractivity contribution in [2.45, 2.75) is 6.42 Å². The smallest absolute Gasteiger partial charge is 0.356 e. The van der Waals surface area contributed by atoms with Gasteiger partial charge in [0.15, 0.2) is 5.69 Å². The average Bonchev–Trinajstić information content (AvgIpc) is 2.73. The highest BCUT2D eigenvalue weighted by atomic mass is 79.9. The van der Waals surface area contributed by atoms with Crippen molar-refractivity contribution in [3.05, 3.63) is 45.1 Å². The Kier molecular flexibility index (Phi) is 4.24. The van der Waals surface area contributed by atoms with Gasteiger partial charge in [-0.2, -0.15) is 5.10 Å². The van der Waals surface area contributed by atoms with Gasteiger partial charge in [0.1, 0.15) is 0 Å². The van der Waals surface area contributed by atoms with Gasteiger partial charge in [0.05, 0.1) is 10.7 Å². The van der Waals surface area contributed by atoms with E-state index in [1.54, 1.807) is 24.4 Å². The first kappa shape index (κ1) is 14.0. The third kappa shape index (κ3) is 2.97. The predicted octanol–water partition coefficient (Wildman–Crippen LogP) is 2.52. The Hall–Kier alpha value is -1.37. The van der Waals surface area contributed by atoms with E-state index in [0.717, 1.165) is 4.47 Å². The van der Waals surface area contributed by atoms with Crippen molar-refractivity contribution in [3.63, 3.8) is 0 Å². The molecule has 0 aliphatic heterocycles. The lowest BCUT2D eigenvalue weighted by Crippen LogP contribution is -2.04. The Labute approximate surface area is 122 Å². The molecule has 0 amide bonds. The van der Waals surface area contributed by atoms with Gasteiger partial charge in [-0.25, -0.2) is 9.48 Å². The van der Waals surface area contributed by atoms with Crippen LogP contribution in [0.5, 0.6) is 0 Å². The number of hydrogen-bond acceptors (Lipinski definition) is 3. The first-order valence-corrected chi connectivity index (χ1v) is 6.58. The zero-order valence-electron chi connectivity index (χ0n) is 9.68. The molecule has 1 aromatic carbocycles. The summed E-state index contributed by atoms with van der Waals surface area (Å²) < 4.78 is 2.23. The fraction of sp³-hybridized carbons (Fsp3) is 0.167. The molecular weight excluding hydrogens is 336 g/mol. The van der Waals surface area contributed by atoms with Crippen LogP contribution in [0.3, 0.4) is 0 Å². The number of carbonyl (C=O) groups is 1. The third-order valence-corrected chi connectivity index (χ3v) is 3.33. The van der Waals surface area contributed by atoms with E-state index in [1.165, 1.54) is 4.68 Å². The van der Waals surface area contributed by atoms with Gasteiger partial charge in [0, 0.05) is 22.8 Å². The molecule has 0 aliphatic rings. The molecular formula is C12H10BrClN2O3. The zero-order valence-corrected chi connectivity index (χ0v) is 12.0. The highest BCUT2D eigenvalue weighted by Gasteiger charge is 2.17. The summed E-state index contributed by atoms with van der Waals surface area (Å²) in [7, 11) is 0. The van der Waals surface area contributed by atoms with E-state index in [2.05, 4.69) is 21.0 Å². The number of rotatable bonds is 4. The molecule has 2 aromatic rings. The Bertz CT molecular complexity index is 627. The standard InChI is InChI=1S/C12H10BrClN2O3/c13-8-1-2-10(9(14)5-8)16-6-7(3-4-17)11(15-16)12(18)19/h1-2,5-6,17H,3-4H2,(H,18,19). The van der Waals surface area contributed by atoms with E-state index in [0.29, 0.717) is 16.3 Å². The molecule has 0 spiro atoms. The molecule has 0 aliphatic carbocycles. The van der Waals surface area contributed by atoms with E-state index < -0.39 is 5.97 Å². The van der Waals surface area contributed by atoms with E-state index in [1.807, 2.05) is 0 Å². The van der Waals surface area contributed by atoms with Gasteiger partial charge in [-0.3, -0.25) is 0 Å². The van der Waals surface area contributed by atoms with Crippen LogP contribution in [-0.4, -0.2) is 32.6 Å². The van der Waals surface area contributed by atoms with Crippen molar-refractivity contribution >= 4 is 33.5 Å². The quantitative estimate of drug-likeness (QED) is 0.893. The van der Waals surface area contributed by atoms with Crippen LogP contribution >= 0.6 is 27.5 Å². The minimum Gasteiger partial charge on any atom is -0.476 e. The maximum Gasteiger partial charge on any atom is 0.356 e. The second-order valence-electron chi connectivity index (χ2n) is 3.82. The van der Waals surface area contributed by atoms with Gasteiger partial charge in [0.2, 0.25) is 0 Å². The molecule has 0 saturated carbocycles. The summed E-state index contributed by atoms with van der Waals surface area (Å²) in [4.78, 5) is 11.1. The van der Waals surface area contributed by atoms with Gasteiger partial charge in [0.25, 0.3) is 0 Å². The minimum atomic E-state index is -1.13.